The molecule has 2 N–H and O–H groups in total. The molecule has 0 bridgehead atoms. The van der Waals surface area contributed by atoms with Crippen LogP contribution < -0.4 is 4.72 Å². The molecule has 7 heteroatoms. The highest BCUT2D eigenvalue weighted by atomic mass is 33.1. The molecule has 3 nitrogen and oxygen atoms in total. The molecule has 0 aliphatic rings. The van der Waals surface area contributed by atoms with Crippen molar-refractivity contribution < 1.29 is 9.90 Å². The fraction of sp³-hybridized carbons (Fsp3) is 0.667. The molecule has 0 saturated heterocycles. The highest BCUT2D eigenvalue weighted by Gasteiger charge is 2.05. The standard InChI is InChI=1S/C3H5NO2S4/c5-3(6)2(4-7)1-10(8)9/h2,4H,1H2,(H,5,6)/q-2. The van der Waals surface area contributed by atoms with Gasteiger partial charge in [-0.05, 0) is 0 Å². The summed E-state index contributed by atoms with van der Waals surface area (Å²) < 4.78 is 2.19. The van der Waals surface area contributed by atoms with Gasteiger partial charge in [0.25, 0.3) is 0 Å². The number of nitrogens with one attached hydrogen (secondary N) is 1. The molecule has 10 heavy (non-hydrogen) atoms. The van der Waals surface area contributed by atoms with E-state index in [9.17, 15) is 4.79 Å². The van der Waals surface area contributed by atoms with E-state index >= 15 is 0 Å². The predicted octanol–water partition coefficient (Wildman–Crippen LogP) is -0.967. The maximum Gasteiger partial charge on any atom is 0.317 e. The highest BCUT2D eigenvalue weighted by molar-refractivity contribution is 8.46. The van der Waals surface area contributed by atoms with Gasteiger partial charge in [0, 0.05) is 0 Å². The van der Waals surface area contributed by atoms with Crippen molar-refractivity contribution >= 4 is 49.2 Å². The Kier molecular flexibility index (Phi) is 5.55. The van der Waals surface area contributed by atoms with Gasteiger partial charge in [-0.3, -0.25) is 27.2 Å². The molecular formula is C3H5NO2S4-2. The van der Waals surface area contributed by atoms with Gasteiger partial charge in [-0.1, -0.05) is 5.75 Å². The third-order valence-corrected chi connectivity index (χ3v) is 2.45. The molecule has 0 heterocycles. The molecule has 0 aliphatic heterocycles. The van der Waals surface area contributed by atoms with Crippen molar-refractivity contribution in [2.75, 3.05) is 5.75 Å². The number of carbonyl (C=O) groups is 1. The molecule has 0 amide bonds. The molecule has 0 aliphatic carbocycles. The average Bonchev–Trinajstić information content (AvgIpc) is 1.81. The molecule has 60 valence electrons. The second kappa shape index (κ2) is 5.25. The fourth-order valence-corrected chi connectivity index (χ4v) is 1.90. The number of carboxylic acid groups (broad SMARTS) is 1. The summed E-state index contributed by atoms with van der Waals surface area (Å²) in [6.45, 7) is 0. The van der Waals surface area contributed by atoms with Crippen LogP contribution in [0.5, 0.6) is 0 Å². The lowest BCUT2D eigenvalue weighted by Gasteiger charge is -2.20. The topological polar surface area (TPSA) is 49.3 Å². The molecule has 0 aromatic carbocycles. The van der Waals surface area contributed by atoms with Crippen LogP contribution in [-0.2, 0) is 48.0 Å². The van der Waals surface area contributed by atoms with Crippen LogP contribution in [0.2, 0.25) is 0 Å². The molecule has 1 atom stereocenters. The van der Waals surface area contributed by atoms with Gasteiger partial charge in [-0.25, -0.2) is 0 Å². The molecule has 1 unspecified atom stereocenters. The monoisotopic (exact) mass is 215 g/mol. The number of carboxylic acids is 1. The van der Waals surface area contributed by atoms with E-state index in [1.165, 1.54) is 0 Å². The molecule has 0 radical (unpaired) electrons. The maximum absolute atomic E-state index is 10.2. The molecule has 0 spiro atoms. The molecular weight excluding hydrogens is 210 g/mol. The minimum Gasteiger partial charge on any atom is -0.705 e. The summed E-state index contributed by atoms with van der Waals surface area (Å²) in [6.07, 6.45) is 0. The Labute approximate surface area is 75.6 Å². The van der Waals surface area contributed by atoms with Crippen LogP contribution in [0.25, 0.3) is 0 Å². The van der Waals surface area contributed by atoms with Gasteiger partial charge in [0.15, 0.2) is 0 Å². The van der Waals surface area contributed by atoms with Crippen molar-refractivity contribution in [1.29, 1.82) is 0 Å². The Balaban J connectivity index is 3.96. The molecule has 0 rings (SSSR count). The van der Waals surface area contributed by atoms with E-state index in [1.807, 2.05) is 0 Å². The van der Waals surface area contributed by atoms with Crippen LogP contribution >= 0.6 is 0 Å². The third kappa shape index (κ3) is 4.40. The van der Waals surface area contributed by atoms with Gasteiger partial charge >= 0.3 is 5.97 Å². The number of rotatable bonds is 4. The number of aliphatic carboxylic acids is 1. The van der Waals surface area contributed by atoms with E-state index in [1.54, 1.807) is 0 Å². The van der Waals surface area contributed by atoms with E-state index in [2.05, 4.69) is 39.9 Å². The first kappa shape index (κ1) is 10.6. The minimum atomic E-state index is -0.998. The molecule has 0 saturated carbocycles. The Hall–Kier alpha value is 0.570. The van der Waals surface area contributed by atoms with Crippen molar-refractivity contribution in [3.05, 3.63) is 0 Å². The van der Waals surface area contributed by atoms with E-state index in [0.717, 1.165) is 0 Å². The zero-order valence-corrected chi connectivity index (χ0v) is 8.04. The lowest BCUT2D eigenvalue weighted by molar-refractivity contribution is -0.138. The summed E-state index contributed by atoms with van der Waals surface area (Å²) in [5.74, 6) is -0.758. The summed E-state index contributed by atoms with van der Waals surface area (Å²) >= 11 is 13.6. The first-order chi connectivity index (χ1) is 4.57. The SMILES string of the molecule is O=C(O)C(C[S-](=S)=S)N[S-]. The van der Waals surface area contributed by atoms with Crippen LogP contribution in [-0.4, -0.2) is 22.9 Å². The summed E-state index contributed by atoms with van der Waals surface area (Å²) in [5, 5.41) is 8.40. The molecule has 0 aromatic rings. The summed E-state index contributed by atoms with van der Waals surface area (Å²) in [5.41, 5.74) is 0. The second-order valence-electron chi connectivity index (χ2n) is 1.48. The van der Waals surface area contributed by atoms with Crippen LogP contribution in [0.15, 0.2) is 0 Å². The largest absolute Gasteiger partial charge is 0.705 e. The van der Waals surface area contributed by atoms with Crippen LogP contribution in [0, 0.1) is 0 Å². The fourth-order valence-electron chi connectivity index (χ4n) is 0.292. The summed E-state index contributed by atoms with van der Waals surface area (Å²) in [4.78, 5) is 10.2. The van der Waals surface area contributed by atoms with Gasteiger partial charge in [-0.2, -0.15) is 0 Å². The summed E-state index contributed by atoms with van der Waals surface area (Å²) in [6, 6.07) is -0.770. The van der Waals surface area contributed by atoms with Crippen molar-refractivity contribution in [2.45, 2.75) is 6.04 Å². The van der Waals surface area contributed by atoms with E-state index < -0.39 is 20.0 Å². The Morgan fingerprint density at radius 3 is 2.40 bits per heavy atom. The van der Waals surface area contributed by atoms with Crippen LogP contribution in [0.4, 0.5) is 0 Å². The summed E-state index contributed by atoms with van der Waals surface area (Å²) in [7, 11) is -0.709. The van der Waals surface area contributed by atoms with Crippen LogP contribution in [0.1, 0.15) is 0 Å². The van der Waals surface area contributed by atoms with Gasteiger partial charge in [-0.15, -0.1) is 0 Å². The minimum absolute atomic E-state index is 0.240. The van der Waals surface area contributed by atoms with Crippen LogP contribution in [0.3, 0.4) is 0 Å². The van der Waals surface area contributed by atoms with Crippen molar-refractivity contribution in [3.8, 4) is 0 Å². The average molecular weight is 215 g/mol. The lowest BCUT2D eigenvalue weighted by Crippen LogP contribution is -2.36. The number of hydrogen-bond donors (Lipinski definition) is 2. The predicted molar refractivity (Wildman–Crippen MR) is 48.9 cm³/mol. The van der Waals surface area contributed by atoms with Gasteiger partial charge in [0.1, 0.15) is 0 Å². The maximum atomic E-state index is 10.2. The zero-order valence-electron chi connectivity index (χ0n) is 4.77. The van der Waals surface area contributed by atoms with Gasteiger partial charge in [0.05, 0.1) is 6.04 Å². The smallest absolute Gasteiger partial charge is 0.317 e. The quantitative estimate of drug-likeness (QED) is 0.589. The first-order valence-electron chi connectivity index (χ1n) is 2.24. The Morgan fingerprint density at radius 2 is 2.30 bits per heavy atom. The number of hydrogen-bond acceptors (Lipinski definition) is 6. The first-order valence-corrected chi connectivity index (χ1v) is 5.89. The van der Waals surface area contributed by atoms with Crippen molar-refractivity contribution in [3.63, 3.8) is 0 Å². The second-order valence-corrected chi connectivity index (χ2v) is 5.70. The Bertz CT molecular complexity index is 181. The van der Waals surface area contributed by atoms with E-state index in [0.29, 0.717) is 0 Å². The van der Waals surface area contributed by atoms with Gasteiger partial charge in [0.2, 0.25) is 0 Å². The highest BCUT2D eigenvalue weighted by Crippen LogP contribution is 1.83. The van der Waals surface area contributed by atoms with E-state index in [-0.39, 0.29) is 5.75 Å². The van der Waals surface area contributed by atoms with Gasteiger partial charge < -0.3 is 30.7 Å². The molecule has 0 fully saturated rings. The lowest BCUT2D eigenvalue weighted by atomic mass is 10.4. The zero-order chi connectivity index (χ0) is 8.15. The normalized spacial score (nSPS) is 13.4. The van der Waals surface area contributed by atoms with E-state index in [4.69, 9.17) is 5.11 Å². The third-order valence-electron chi connectivity index (χ3n) is 0.743. The molecule has 0 aromatic heterocycles. The van der Waals surface area contributed by atoms with Crippen molar-refractivity contribution in [2.24, 2.45) is 0 Å². The van der Waals surface area contributed by atoms with Crippen molar-refractivity contribution in [1.82, 2.24) is 4.72 Å². The Morgan fingerprint density at radius 1 is 1.80 bits per heavy atom.